The minimum atomic E-state index is -4.58. The van der Waals surface area contributed by atoms with E-state index in [4.69, 9.17) is 4.52 Å². The highest BCUT2D eigenvalue weighted by molar-refractivity contribution is 6.01. The van der Waals surface area contributed by atoms with Gasteiger partial charge in [0.25, 0.3) is 5.91 Å². The van der Waals surface area contributed by atoms with E-state index in [2.05, 4.69) is 30.4 Å². The molecule has 4 rings (SSSR count). The number of anilines is 1. The molecule has 0 aliphatic heterocycles. The van der Waals surface area contributed by atoms with Crippen LogP contribution >= 0.6 is 0 Å². The molecule has 0 bridgehead atoms. The average Bonchev–Trinajstić information content (AvgIpc) is 3.33. The Hall–Kier alpha value is -4.48. The minimum Gasteiger partial charge on any atom is -0.351 e. The van der Waals surface area contributed by atoms with Crippen molar-refractivity contribution in [2.75, 3.05) is 5.32 Å². The van der Waals surface area contributed by atoms with Crippen molar-refractivity contribution in [2.24, 2.45) is 0 Å². The number of halogens is 3. The highest BCUT2D eigenvalue weighted by Crippen LogP contribution is 2.32. The van der Waals surface area contributed by atoms with Gasteiger partial charge in [-0.3, -0.25) is 14.6 Å². The zero-order valence-electron chi connectivity index (χ0n) is 18.2. The van der Waals surface area contributed by atoms with Crippen molar-refractivity contribution in [1.29, 1.82) is 0 Å². The molecule has 0 saturated heterocycles. The van der Waals surface area contributed by atoms with E-state index >= 15 is 0 Å². The number of nitrogens with one attached hydrogen (secondary N) is 1. The van der Waals surface area contributed by atoms with E-state index in [9.17, 15) is 22.8 Å². The molecule has 4 aromatic rings. The van der Waals surface area contributed by atoms with Gasteiger partial charge in [0.15, 0.2) is 5.78 Å². The molecule has 0 aromatic carbocycles. The monoisotopic (exact) mass is 482 g/mol. The molecule has 9 nitrogen and oxygen atoms in total. The van der Waals surface area contributed by atoms with Crippen molar-refractivity contribution in [3.8, 4) is 11.3 Å². The van der Waals surface area contributed by atoms with Crippen molar-refractivity contribution >= 4 is 17.5 Å². The van der Waals surface area contributed by atoms with Gasteiger partial charge in [0, 0.05) is 43.1 Å². The van der Waals surface area contributed by atoms with Crippen LogP contribution in [-0.4, -0.2) is 36.8 Å². The van der Waals surface area contributed by atoms with Crippen LogP contribution in [0.1, 0.15) is 44.3 Å². The van der Waals surface area contributed by atoms with E-state index in [0.29, 0.717) is 11.4 Å². The third kappa shape index (κ3) is 5.72. The lowest BCUT2D eigenvalue weighted by Gasteiger charge is -2.11. The summed E-state index contributed by atoms with van der Waals surface area (Å²) in [6, 6.07) is 7.14. The number of alkyl halides is 3. The van der Waals surface area contributed by atoms with Crippen LogP contribution in [0.5, 0.6) is 0 Å². The Balaban J connectivity index is 1.38. The SMILES string of the molecule is Cc1cnc(NC(=O)c2cc(CCC(=O)c3cc(-c4ccncc4)ncn3)no2)cc1C(F)(F)F. The smallest absolute Gasteiger partial charge is 0.351 e. The lowest BCUT2D eigenvalue weighted by molar-refractivity contribution is -0.138. The lowest BCUT2D eigenvalue weighted by Crippen LogP contribution is -2.14. The number of amides is 1. The number of aromatic nitrogens is 5. The summed E-state index contributed by atoms with van der Waals surface area (Å²) in [7, 11) is 0. The van der Waals surface area contributed by atoms with Gasteiger partial charge in [0.05, 0.1) is 17.0 Å². The molecule has 0 spiro atoms. The van der Waals surface area contributed by atoms with Crippen molar-refractivity contribution < 1.29 is 27.3 Å². The number of hydrogen-bond donors (Lipinski definition) is 1. The van der Waals surface area contributed by atoms with Crippen molar-refractivity contribution in [2.45, 2.75) is 25.9 Å². The molecular weight excluding hydrogens is 465 g/mol. The van der Waals surface area contributed by atoms with Crippen LogP contribution in [0, 0.1) is 6.92 Å². The average molecular weight is 482 g/mol. The highest BCUT2D eigenvalue weighted by atomic mass is 19.4. The zero-order valence-corrected chi connectivity index (χ0v) is 18.2. The predicted molar refractivity (Wildman–Crippen MR) is 116 cm³/mol. The molecule has 4 heterocycles. The molecule has 0 saturated carbocycles. The summed E-state index contributed by atoms with van der Waals surface area (Å²) in [4.78, 5) is 40.8. The molecule has 4 aromatic heterocycles. The second-order valence-corrected chi connectivity index (χ2v) is 7.47. The van der Waals surface area contributed by atoms with Gasteiger partial charge in [-0.2, -0.15) is 13.2 Å². The standard InChI is InChI=1S/C23H17F3N6O3/c1-13-11-28-21(9-16(13)23(24,25)26)31-22(34)20-8-15(32-35-20)2-3-19(33)18-10-17(29-12-30-18)14-4-6-27-7-5-14/h4-12H,2-3H2,1H3,(H,28,31,34). The molecule has 1 amide bonds. The third-order valence-electron chi connectivity index (χ3n) is 4.97. The van der Waals surface area contributed by atoms with Gasteiger partial charge in [-0.05, 0) is 36.8 Å². The van der Waals surface area contributed by atoms with Crippen molar-refractivity contribution in [3.63, 3.8) is 0 Å². The van der Waals surface area contributed by atoms with Crippen LogP contribution in [0.2, 0.25) is 0 Å². The van der Waals surface area contributed by atoms with Gasteiger partial charge in [0.1, 0.15) is 17.8 Å². The Morgan fingerprint density at radius 2 is 1.83 bits per heavy atom. The Bertz CT molecular complexity index is 1370. The normalized spacial score (nSPS) is 11.3. The van der Waals surface area contributed by atoms with E-state index in [1.165, 1.54) is 19.3 Å². The Kier molecular flexibility index (Phi) is 6.62. The summed E-state index contributed by atoms with van der Waals surface area (Å²) >= 11 is 0. The first kappa shape index (κ1) is 23.7. The maximum absolute atomic E-state index is 13.1. The Labute approximate surface area is 196 Å². The number of pyridine rings is 2. The number of carbonyl (C=O) groups excluding carboxylic acids is 2. The maximum Gasteiger partial charge on any atom is 0.416 e. The second kappa shape index (κ2) is 9.79. The predicted octanol–water partition coefficient (Wildman–Crippen LogP) is 4.32. The molecule has 35 heavy (non-hydrogen) atoms. The van der Waals surface area contributed by atoms with E-state index in [1.807, 2.05) is 0 Å². The van der Waals surface area contributed by atoms with Crippen molar-refractivity contribution in [1.82, 2.24) is 25.1 Å². The fraction of sp³-hybridized carbons (Fsp3) is 0.174. The molecule has 0 radical (unpaired) electrons. The molecular formula is C23H17F3N6O3. The highest BCUT2D eigenvalue weighted by Gasteiger charge is 2.33. The van der Waals surface area contributed by atoms with Crippen LogP contribution in [0.3, 0.4) is 0 Å². The first-order valence-electron chi connectivity index (χ1n) is 10.3. The number of carbonyl (C=O) groups is 2. The quantitative estimate of drug-likeness (QED) is 0.387. The fourth-order valence-electron chi connectivity index (χ4n) is 3.17. The van der Waals surface area contributed by atoms with Gasteiger partial charge in [0.2, 0.25) is 5.76 Å². The van der Waals surface area contributed by atoms with E-state index in [-0.39, 0.29) is 41.5 Å². The van der Waals surface area contributed by atoms with Crippen molar-refractivity contribution in [3.05, 3.63) is 83.5 Å². The summed E-state index contributed by atoms with van der Waals surface area (Å²) < 4.78 is 44.2. The molecule has 0 unspecified atom stereocenters. The van der Waals surface area contributed by atoms with E-state index < -0.39 is 17.6 Å². The van der Waals surface area contributed by atoms with E-state index in [0.717, 1.165) is 17.8 Å². The first-order valence-corrected chi connectivity index (χ1v) is 10.3. The molecule has 178 valence electrons. The van der Waals surface area contributed by atoms with Crippen LogP contribution in [0.25, 0.3) is 11.3 Å². The fourth-order valence-corrected chi connectivity index (χ4v) is 3.17. The first-order chi connectivity index (χ1) is 16.7. The number of Topliss-reactive ketones (excluding diaryl/α,β-unsaturated/α-hetero) is 1. The Morgan fingerprint density at radius 1 is 1.06 bits per heavy atom. The zero-order chi connectivity index (χ0) is 25.0. The van der Waals surface area contributed by atoms with Crippen LogP contribution in [0.4, 0.5) is 19.0 Å². The third-order valence-corrected chi connectivity index (χ3v) is 4.97. The molecule has 12 heteroatoms. The molecule has 1 N–H and O–H groups in total. The molecule has 0 atom stereocenters. The van der Waals surface area contributed by atoms with Crippen LogP contribution < -0.4 is 5.32 Å². The summed E-state index contributed by atoms with van der Waals surface area (Å²) in [6.45, 7) is 1.27. The Morgan fingerprint density at radius 3 is 2.57 bits per heavy atom. The number of nitrogens with zero attached hydrogens (tertiary/aromatic N) is 5. The number of ketones is 1. The molecule has 0 aliphatic carbocycles. The lowest BCUT2D eigenvalue weighted by atomic mass is 10.1. The number of hydrogen-bond acceptors (Lipinski definition) is 8. The molecule has 0 fully saturated rings. The van der Waals surface area contributed by atoms with Gasteiger partial charge in [-0.1, -0.05) is 5.16 Å². The van der Waals surface area contributed by atoms with Crippen LogP contribution in [-0.2, 0) is 12.6 Å². The summed E-state index contributed by atoms with van der Waals surface area (Å²) in [6.07, 6.45) is 1.15. The van der Waals surface area contributed by atoms with Crippen LogP contribution in [0.15, 0.2) is 59.8 Å². The largest absolute Gasteiger partial charge is 0.416 e. The van der Waals surface area contributed by atoms with Gasteiger partial charge in [-0.15, -0.1) is 0 Å². The van der Waals surface area contributed by atoms with E-state index in [1.54, 1.807) is 30.6 Å². The summed E-state index contributed by atoms with van der Waals surface area (Å²) in [5.41, 5.74) is 0.924. The topological polar surface area (TPSA) is 124 Å². The minimum absolute atomic E-state index is 0.0366. The van der Waals surface area contributed by atoms with Gasteiger partial charge < -0.3 is 9.84 Å². The summed E-state index contributed by atoms with van der Waals surface area (Å²) in [5.74, 6) is -1.60. The second-order valence-electron chi connectivity index (χ2n) is 7.47. The van der Waals surface area contributed by atoms with Gasteiger partial charge in [-0.25, -0.2) is 15.0 Å². The number of rotatable bonds is 7. The summed E-state index contributed by atoms with van der Waals surface area (Å²) in [5, 5.41) is 6.00. The number of aryl methyl sites for hydroxylation is 2. The van der Waals surface area contributed by atoms with Gasteiger partial charge >= 0.3 is 6.18 Å². The molecule has 0 aliphatic rings. The maximum atomic E-state index is 13.1.